The summed E-state index contributed by atoms with van der Waals surface area (Å²) in [5.74, 6) is -1.23. The number of nitrogens with zero attached hydrogens (tertiary/aromatic N) is 3. The van der Waals surface area contributed by atoms with Gasteiger partial charge in [0.1, 0.15) is 6.04 Å². The molecule has 1 aliphatic rings. The summed E-state index contributed by atoms with van der Waals surface area (Å²) >= 11 is 0. The number of carbonyl (C=O) groups excluding carboxylic acids is 1. The number of ether oxygens (including phenoxy) is 1. The SMILES string of the molecule is CCCCOC(=O)C1CNCCN1c1nccc(C(=O)O)n1. The smallest absolute Gasteiger partial charge is 0.354 e. The number of aromatic nitrogens is 2. The minimum Gasteiger partial charge on any atom is -0.477 e. The van der Waals surface area contributed by atoms with E-state index in [2.05, 4.69) is 15.3 Å². The van der Waals surface area contributed by atoms with Crippen LogP contribution in [0.2, 0.25) is 0 Å². The Morgan fingerprint density at radius 1 is 1.55 bits per heavy atom. The van der Waals surface area contributed by atoms with E-state index in [4.69, 9.17) is 9.84 Å². The summed E-state index contributed by atoms with van der Waals surface area (Å²) in [5.41, 5.74) is -0.0957. The molecule has 2 heterocycles. The first-order chi connectivity index (χ1) is 10.6. The molecule has 0 aliphatic carbocycles. The second-order valence-corrected chi connectivity index (χ2v) is 4.98. The number of hydrogen-bond donors (Lipinski definition) is 2. The largest absolute Gasteiger partial charge is 0.477 e. The first-order valence-corrected chi connectivity index (χ1v) is 7.33. The van der Waals surface area contributed by atoms with Gasteiger partial charge < -0.3 is 20.1 Å². The molecule has 2 rings (SSSR count). The zero-order chi connectivity index (χ0) is 15.9. The fraction of sp³-hybridized carbons (Fsp3) is 0.571. The maximum absolute atomic E-state index is 12.2. The second-order valence-electron chi connectivity index (χ2n) is 4.98. The monoisotopic (exact) mass is 308 g/mol. The normalized spacial score (nSPS) is 18.0. The molecule has 22 heavy (non-hydrogen) atoms. The number of anilines is 1. The molecule has 0 bridgehead atoms. The van der Waals surface area contributed by atoms with Gasteiger partial charge in [-0.25, -0.2) is 19.6 Å². The summed E-state index contributed by atoms with van der Waals surface area (Å²) in [6, 6.07) is 0.775. The Morgan fingerprint density at radius 3 is 3.09 bits per heavy atom. The van der Waals surface area contributed by atoms with Gasteiger partial charge in [0.25, 0.3) is 0 Å². The standard InChI is InChI=1S/C14H20N4O4/c1-2-3-8-22-13(21)11-9-15-6-7-18(11)14-16-5-4-10(17-14)12(19)20/h4-5,11,15H,2-3,6-9H2,1H3,(H,19,20). The number of unbranched alkanes of at least 4 members (excludes halogenated alkanes) is 1. The van der Waals surface area contributed by atoms with E-state index in [1.165, 1.54) is 12.3 Å². The lowest BCUT2D eigenvalue weighted by Gasteiger charge is -2.34. The molecule has 1 aromatic rings. The van der Waals surface area contributed by atoms with Crippen molar-refractivity contribution in [2.24, 2.45) is 0 Å². The van der Waals surface area contributed by atoms with Crippen molar-refractivity contribution in [3.8, 4) is 0 Å². The van der Waals surface area contributed by atoms with E-state index in [9.17, 15) is 9.59 Å². The molecule has 8 heteroatoms. The number of carboxylic acids is 1. The number of carbonyl (C=O) groups is 2. The van der Waals surface area contributed by atoms with E-state index in [1.807, 2.05) is 6.92 Å². The van der Waals surface area contributed by atoms with E-state index in [0.29, 0.717) is 26.2 Å². The average molecular weight is 308 g/mol. The summed E-state index contributed by atoms with van der Waals surface area (Å²) in [5, 5.41) is 12.1. The molecule has 1 fully saturated rings. The van der Waals surface area contributed by atoms with Crippen LogP contribution in [0, 0.1) is 0 Å². The van der Waals surface area contributed by atoms with Crippen LogP contribution >= 0.6 is 0 Å². The minimum atomic E-state index is -1.12. The maximum atomic E-state index is 12.2. The highest BCUT2D eigenvalue weighted by Gasteiger charge is 2.32. The fourth-order valence-electron chi connectivity index (χ4n) is 2.17. The van der Waals surface area contributed by atoms with Crippen molar-refractivity contribution >= 4 is 17.9 Å². The molecule has 8 nitrogen and oxygen atoms in total. The summed E-state index contributed by atoms with van der Waals surface area (Å²) < 4.78 is 5.26. The zero-order valence-electron chi connectivity index (χ0n) is 12.5. The second kappa shape index (κ2) is 7.69. The molecule has 0 amide bonds. The first kappa shape index (κ1) is 16.2. The number of hydrogen-bond acceptors (Lipinski definition) is 7. The lowest BCUT2D eigenvalue weighted by atomic mass is 10.2. The Kier molecular flexibility index (Phi) is 5.65. The van der Waals surface area contributed by atoms with Crippen LogP contribution in [0.4, 0.5) is 5.95 Å². The molecule has 0 spiro atoms. The Bertz CT molecular complexity index is 537. The van der Waals surface area contributed by atoms with E-state index >= 15 is 0 Å². The molecule has 0 aromatic carbocycles. The highest BCUT2D eigenvalue weighted by Crippen LogP contribution is 2.15. The molecule has 1 atom stereocenters. The van der Waals surface area contributed by atoms with Crippen LogP contribution in [0.15, 0.2) is 12.3 Å². The van der Waals surface area contributed by atoms with Crippen molar-refractivity contribution in [2.75, 3.05) is 31.1 Å². The highest BCUT2D eigenvalue weighted by atomic mass is 16.5. The number of aromatic carboxylic acids is 1. The van der Waals surface area contributed by atoms with Crippen LogP contribution < -0.4 is 10.2 Å². The predicted molar refractivity (Wildman–Crippen MR) is 78.9 cm³/mol. The van der Waals surface area contributed by atoms with E-state index < -0.39 is 12.0 Å². The van der Waals surface area contributed by atoms with E-state index in [-0.39, 0.29) is 17.6 Å². The van der Waals surface area contributed by atoms with E-state index in [1.54, 1.807) is 4.90 Å². The number of piperazine rings is 1. The average Bonchev–Trinajstić information content (AvgIpc) is 2.55. The number of nitrogens with one attached hydrogen (secondary N) is 1. The molecule has 0 saturated carbocycles. The third kappa shape index (κ3) is 3.91. The van der Waals surface area contributed by atoms with Gasteiger partial charge in [0.05, 0.1) is 6.61 Å². The van der Waals surface area contributed by atoms with Crippen LogP contribution in [0.1, 0.15) is 30.3 Å². The zero-order valence-corrected chi connectivity index (χ0v) is 12.5. The van der Waals surface area contributed by atoms with Crippen molar-refractivity contribution in [2.45, 2.75) is 25.8 Å². The lowest BCUT2D eigenvalue weighted by molar-refractivity contribution is -0.145. The van der Waals surface area contributed by atoms with E-state index in [0.717, 1.165) is 12.8 Å². The Hall–Kier alpha value is -2.22. The molecular formula is C14H20N4O4. The molecule has 1 aliphatic heterocycles. The molecule has 0 radical (unpaired) electrons. The number of carboxylic acid groups (broad SMARTS) is 1. The van der Waals surface area contributed by atoms with Crippen molar-refractivity contribution in [3.05, 3.63) is 18.0 Å². The summed E-state index contributed by atoms with van der Waals surface area (Å²) in [4.78, 5) is 33.0. The van der Waals surface area contributed by atoms with Gasteiger partial charge >= 0.3 is 11.9 Å². The number of esters is 1. The molecule has 1 aromatic heterocycles. The number of rotatable bonds is 6. The highest BCUT2D eigenvalue weighted by molar-refractivity contribution is 5.85. The van der Waals surface area contributed by atoms with Crippen LogP contribution in [0.25, 0.3) is 0 Å². The lowest BCUT2D eigenvalue weighted by Crippen LogP contribution is -2.56. The minimum absolute atomic E-state index is 0.0957. The van der Waals surface area contributed by atoms with Crippen molar-refractivity contribution in [1.29, 1.82) is 0 Å². The summed E-state index contributed by atoms with van der Waals surface area (Å²) in [7, 11) is 0. The van der Waals surface area contributed by atoms with Gasteiger partial charge in [-0.3, -0.25) is 0 Å². The quantitative estimate of drug-likeness (QED) is 0.571. The molecule has 2 N–H and O–H groups in total. The van der Waals surface area contributed by atoms with Crippen molar-refractivity contribution in [1.82, 2.24) is 15.3 Å². The van der Waals surface area contributed by atoms with Gasteiger partial charge in [0, 0.05) is 25.8 Å². The third-order valence-electron chi connectivity index (χ3n) is 3.38. The van der Waals surface area contributed by atoms with Gasteiger partial charge in [0.15, 0.2) is 5.69 Å². The van der Waals surface area contributed by atoms with Gasteiger partial charge in [-0.15, -0.1) is 0 Å². The summed E-state index contributed by atoms with van der Waals surface area (Å²) in [6.45, 7) is 4.00. The van der Waals surface area contributed by atoms with Gasteiger partial charge in [0.2, 0.25) is 5.95 Å². The van der Waals surface area contributed by atoms with Crippen LogP contribution in [-0.4, -0.2) is 59.3 Å². The van der Waals surface area contributed by atoms with Gasteiger partial charge in [-0.1, -0.05) is 13.3 Å². The molecule has 1 unspecified atom stereocenters. The van der Waals surface area contributed by atoms with Crippen LogP contribution in [0.5, 0.6) is 0 Å². The van der Waals surface area contributed by atoms with Crippen molar-refractivity contribution < 1.29 is 19.4 Å². The van der Waals surface area contributed by atoms with Crippen molar-refractivity contribution in [3.63, 3.8) is 0 Å². The Morgan fingerprint density at radius 2 is 2.36 bits per heavy atom. The Labute approximate surface area is 128 Å². The molecule has 120 valence electrons. The van der Waals surface area contributed by atoms with Crippen LogP contribution in [0.3, 0.4) is 0 Å². The third-order valence-corrected chi connectivity index (χ3v) is 3.38. The first-order valence-electron chi connectivity index (χ1n) is 7.33. The fourth-order valence-corrected chi connectivity index (χ4v) is 2.17. The Balaban J connectivity index is 2.13. The molecular weight excluding hydrogens is 288 g/mol. The van der Waals surface area contributed by atoms with Gasteiger partial charge in [-0.05, 0) is 12.5 Å². The topological polar surface area (TPSA) is 105 Å². The molecule has 1 saturated heterocycles. The van der Waals surface area contributed by atoms with Gasteiger partial charge in [-0.2, -0.15) is 0 Å². The van der Waals surface area contributed by atoms with Crippen LogP contribution in [-0.2, 0) is 9.53 Å². The summed E-state index contributed by atoms with van der Waals surface area (Å²) in [6.07, 6.45) is 3.15. The maximum Gasteiger partial charge on any atom is 0.354 e. The predicted octanol–water partition coefficient (Wildman–Crippen LogP) is 0.296.